The third kappa shape index (κ3) is 0.747. The average molecular weight is 202 g/mol. The monoisotopic (exact) mass is 202 g/mol. The fourth-order valence-corrected chi connectivity index (χ4v) is 3.89. The van der Waals surface area contributed by atoms with Gasteiger partial charge in [0, 0.05) is 17.8 Å². The van der Waals surface area contributed by atoms with Gasteiger partial charge in [0.05, 0.1) is 0 Å². The van der Waals surface area contributed by atoms with Crippen LogP contribution in [0.1, 0.15) is 26.2 Å². The van der Waals surface area contributed by atoms with Crippen LogP contribution in [0.3, 0.4) is 0 Å². The van der Waals surface area contributed by atoms with Crippen LogP contribution in [0.15, 0.2) is 24.3 Å². The summed E-state index contributed by atoms with van der Waals surface area (Å²) < 4.78 is 0. The Morgan fingerprint density at radius 1 is 1.47 bits per heavy atom. The molecule has 0 heterocycles. The molecule has 0 aliphatic heterocycles. The molecule has 0 amide bonds. The summed E-state index contributed by atoms with van der Waals surface area (Å²) in [5, 5.41) is 0. The lowest BCUT2D eigenvalue weighted by Crippen LogP contribution is -2.33. The van der Waals surface area contributed by atoms with Gasteiger partial charge in [-0.15, -0.1) is 0 Å². The molecular formula is C13H14O2. The van der Waals surface area contributed by atoms with Crippen molar-refractivity contribution in [3.63, 3.8) is 0 Å². The van der Waals surface area contributed by atoms with E-state index in [1.807, 2.05) is 18.2 Å². The minimum absolute atomic E-state index is 0.0633. The number of rotatable bonds is 1. The van der Waals surface area contributed by atoms with Crippen molar-refractivity contribution in [1.29, 1.82) is 0 Å². The summed E-state index contributed by atoms with van der Waals surface area (Å²) in [6, 6.07) is 0. The Balaban J connectivity index is 2.17. The van der Waals surface area contributed by atoms with Crippen molar-refractivity contribution >= 4 is 11.6 Å². The highest BCUT2D eigenvalue weighted by Crippen LogP contribution is 2.76. The van der Waals surface area contributed by atoms with Gasteiger partial charge < -0.3 is 0 Å². The SMILES string of the molecule is CC(=O)C12C(=O)CCCC13C=CC=CC32. The lowest BCUT2D eigenvalue weighted by molar-refractivity contribution is -0.136. The molecule has 0 radical (unpaired) electrons. The molecule has 2 heteroatoms. The molecule has 3 rings (SSSR count). The normalized spacial score (nSPS) is 45.9. The first-order valence-electron chi connectivity index (χ1n) is 5.56. The summed E-state index contributed by atoms with van der Waals surface area (Å²) in [6.07, 6.45) is 10.6. The van der Waals surface area contributed by atoms with Crippen LogP contribution in [-0.4, -0.2) is 11.6 Å². The molecule has 0 N–H and O–H groups in total. The van der Waals surface area contributed by atoms with E-state index in [9.17, 15) is 9.59 Å². The number of allylic oxidation sites excluding steroid dienone is 4. The van der Waals surface area contributed by atoms with E-state index in [1.54, 1.807) is 6.92 Å². The van der Waals surface area contributed by atoms with Crippen molar-refractivity contribution in [2.75, 3.05) is 0 Å². The van der Waals surface area contributed by atoms with E-state index in [-0.39, 0.29) is 22.9 Å². The molecule has 2 fully saturated rings. The first-order valence-corrected chi connectivity index (χ1v) is 5.56. The van der Waals surface area contributed by atoms with Crippen molar-refractivity contribution in [3.8, 4) is 0 Å². The molecule has 2 nitrogen and oxygen atoms in total. The number of Topliss-reactive ketones (excluding diaryl/α,β-unsaturated/α-hetero) is 2. The Bertz CT molecular complexity index is 418. The van der Waals surface area contributed by atoms with Crippen LogP contribution in [0, 0.1) is 16.7 Å². The van der Waals surface area contributed by atoms with Crippen LogP contribution in [0.5, 0.6) is 0 Å². The van der Waals surface area contributed by atoms with Gasteiger partial charge >= 0.3 is 0 Å². The van der Waals surface area contributed by atoms with Gasteiger partial charge in [-0.2, -0.15) is 0 Å². The van der Waals surface area contributed by atoms with Crippen molar-refractivity contribution in [3.05, 3.63) is 24.3 Å². The fourth-order valence-electron chi connectivity index (χ4n) is 3.89. The standard InChI is InChI=1S/C13H14O2/c1-9(14)13-10-5-2-3-7-12(10,13)8-4-6-11(13)15/h2-3,5,7,10H,4,6,8H2,1H3. The number of hydrogen-bond acceptors (Lipinski definition) is 2. The predicted octanol–water partition coefficient (Wildman–Crippen LogP) is 2.06. The highest BCUT2D eigenvalue weighted by molar-refractivity contribution is 6.12. The van der Waals surface area contributed by atoms with Crippen molar-refractivity contribution < 1.29 is 9.59 Å². The smallest absolute Gasteiger partial charge is 0.147 e. The molecule has 0 aromatic rings. The zero-order chi connectivity index (χ0) is 10.7. The van der Waals surface area contributed by atoms with Crippen LogP contribution in [0.2, 0.25) is 0 Å². The minimum Gasteiger partial charge on any atom is -0.299 e. The molecule has 0 saturated heterocycles. The molecule has 2 saturated carbocycles. The van der Waals surface area contributed by atoms with Crippen molar-refractivity contribution in [1.82, 2.24) is 0 Å². The Kier molecular flexibility index (Phi) is 1.51. The lowest BCUT2D eigenvalue weighted by Gasteiger charge is -2.24. The Morgan fingerprint density at radius 2 is 2.27 bits per heavy atom. The lowest BCUT2D eigenvalue weighted by atomic mass is 9.76. The van der Waals surface area contributed by atoms with Crippen LogP contribution >= 0.6 is 0 Å². The second-order valence-corrected chi connectivity index (χ2v) is 4.90. The van der Waals surface area contributed by atoms with Crippen molar-refractivity contribution in [2.45, 2.75) is 26.2 Å². The van der Waals surface area contributed by atoms with Crippen LogP contribution in [0.25, 0.3) is 0 Å². The summed E-state index contributed by atoms with van der Waals surface area (Å²) in [4.78, 5) is 23.9. The number of carbonyl (C=O) groups excluding carboxylic acids is 2. The Morgan fingerprint density at radius 3 is 3.00 bits per heavy atom. The van der Waals surface area contributed by atoms with E-state index >= 15 is 0 Å². The topological polar surface area (TPSA) is 34.1 Å². The zero-order valence-electron chi connectivity index (χ0n) is 8.82. The van der Waals surface area contributed by atoms with Gasteiger partial charge in [0.1, 0.15) is 17.0 Å². The van der Waals surface area contributed by atoms with Gasteiger partial charge in [-0.25, -0.2) is 0 Å². The van der Waals surface area contributed by atoms with E-state index in [2.05, 4.69) is 6.08 Å². The summed E-state index contributed by atoms with van der Waals surface area (Å²) >= 11 is 0. The van der Waals surface area contributed by atoms with Gasteiger partial charge in [0.25, 0.3) is 0 Å². The van der Waals surface area contributed by atoms with E-state index < -0.39 is 5.41 Å². The summed E-state index contributed by atoms with van der Waals surface area (Å²) in [7, 11) is 0. The largest absolute Gasteiger partial charge is 0.299 e. The first-order chi connectivity index (χ1) is 7.16. The van der Waals surface area contributed by atoms with Crippen LogP contribution < -0.4 is 0 Å². The Labute approximate surface area is 89.0 Å². The van der Waals surface area contributed by atoms with E-state index in [0.29, 0.717) is 6.42 Å². The van der Waals surface area contributed by atoms with Crippen LogP contribution in [0.4, 0.5) is 0 Å². The fraction of sp³-hybridized carbons (Fsp3) is 0.538. The minimum atomic E-state index is -0.672. The number of hydrogen-bond donors (Lipinski definition) is 0. The van der Waals surface area contributed by atoms with Crippen molar-refractivity contribution in [2.24, 2.45) is 16.7 Å². The second kappa shape index (κ2) is 2.49. The van der Waals surface area contributed by atoms with Gasteiger partial charge in [-0.1, -0.05) is 24.3 Å². The van der Waals surface area contributed by atoms with E-state index in [4.69, 9.17) is 0 Å². The predicted molar refractivity (Wildman–Crippen MR) is 56.2 cm³/mol. The summed E-state index contributed by atoms with van der Waals surface area (Å²) in [5.41, 5.74) is -0.808. The first kappa shape index (κ1) is 9.08. The Hall–Kier alpha value is -1.18. The molecule has 3 atom stereocenters. The van der Waals surface area contributed by atoms with Gasteiger partial charge in [0.2, 0.25) is 0 Å². The maximum Gasteiger partial charge on any atom is 0.147 e. The average Bonchev–Trinajstić information content (AvgIpc) is 2.84. The molecule has 3 aliphatic carbocycles. The molecule has 15 heavy (non-hydrogen) atoms. The third-order valence-electron chi connectivity index (χ3n) is 4.47. The molecule has 3 aliphatic rings. The highest BCUT2D eigenvalue weighted by Gasteiger charge is 2.80. The zero-order valence-corrected chi connectivity index (χ0v) is 8.82. The molecule has 0 aromatic heterocycles. The molecule has 0 aromatic carbocycles. The molecule has 78 valence electrons. The highest BCUT2D eigenvalue weighted by atomic mass is 16.2. The summed E-state index contributed by atoms with van der Waals surface area (Å²) in [5.74, 6) is 0.387. The maximum atomic E-state index is 12.1. The van der Waals surface area contributed by atoms with E-state index in [0.717, 1.165) is 12.8 Å². The number of carbonyl (C=O) groups is 2. The van der Waals surface area contributed by atoms with E-state index in [1.165, 1.54) is 0 Å². The maximum absolute atomic E-state index is 12.1. The molecule has 3 unspecified atom stereocenters. The number of fused-ring (bicyclic) bond motifs is 1. The second-order valence-electron chi connectivity index (χ2n) is 4.90. The third-order valence-corrected chi connectivity index (χ3v) is 4.47. The molecular weight excluding hydrogens is 188 g/mol. The summed E-state index contributed by atoms with van der Waals surface area (Å²) in [6.45, 7) is 1.57. The van der Waals surface area contributed by atoms with Gasteiger partial charge in [0.15, 0.2) is 0 Å². The number of ketones is 2. The van der Waals surface area contributed by atoms with Gasteiger partial charge in [-0.3, -0.25) is 9.59 Å². The molecule has 0 bridgehead atoms. The van der Waals surface area contributed by atoms with Gasteiger partial charge in [-0.05, 0) is 19.8 Å². The van der Waals surface area contributed by atoms with Crippen LogP contribution in [-0.2, 0) is 9.59 Å². The quantitative estimate of drug-likeness (QED) is 0.610. The molecule has 1 spiro atoms.